The fourth-order valence-corrected chi connectivity index (χ4v) is 3.03. The highest BCUT2D eigenvalue weighted by Gasteiger charge is 2.27. The van der Waals surface area contributed by atoms with E-state index in [9.17, 15) is 0 Å². The molecule has 1 saturated heterocycles. The predicted octanol–water partition coefficient (Wildman–Crippen LogP) is 2.18. The van der Waals surface area contributed by atoms with Gasteiger partial charge < -0.3 is 19.7 Å². The smallest absolute Gasteiger partial charge is 0.162 e. The van der Waals surface area contributed by atoms with Crippen LogP contribution in [0.5, 0.6) is 0 Å². The van der Waals surface area contributed by atoms with Gasteiger partial charge in [-0.3, -0.25) is 0 Å². The van der Waals surface area contributed by atoms with Crippen LogP contribution in [0.15, 0.2) is 24.3 Å². The highest BCUT2D eigenvalue weighted by atomic mass is 16.7. The molecule has 0 saturated carbocycles. The van der Waals surface area contributed by atoms with Crippen molar-refractivity contribution in [3.8, 4) is 0 Å². The first-order valence-electron chi connectivity index (χ1n) is 7.98. The van der Waals surface area contributed by atoms with E-state index < -0.39 is 5.79 Å². The molecule has 21 heavy (non-hydrogen) atoms. The van der Waals surface area contributed by atoms with Gasteiger partial charge in [0.2, 0.25) is 0 Å². The molecule has 0 atom stereocenters. The molecule has 0 amide bonds. The topological polar surface area (TPSA) is 33.7 Å². The Kier molecular flexibility index (Phi) is 4.48. The number of para-hydroxylation sites is 1. The van der Waals surface area contributed by atoms with Gasteiger partial charge in [0.15, 0.2) is 5.79 Å². The Hall–Kier alpha value is -1.10. The molecule has 3 rings (SSSR count). The van der Waals surface area contributed by atoms with E-state index in [0.717, 1.165) is 39.3 Å². The third-order valence-corrected chi connectivity index (χ3v) is 4.29. The molecule has 4 nitrogen and oxygen atoms in total. The first-order valence-corrected chi connectivity index (χ1v) is 7.98. The molecule has 4 heteroatoms. The molecule has 1 aromatic rings. The van der Waals surface area contributed by atoms with Crippen molar-refractivity contribution in [1.82, 2.24) is 5.32 Å². The third kappa shape index (κ3) is 3.76. The van der Waals surface area contributed by atoms with E-state index in [-0.39, 0.29) is 0 Å². The van der Waals surface area contributed by atoms with E-state index in [0.29, 0.717) is 6.04 Å². The summed E-state index contributed by atoms with van der Waals surface area (Å²) >= 11 is 0. The van der Waals surface area contributed by atoms with Gasteiger partial charge in [0.25, 0.3) is 0 Å². The van der Waals surface area contributed by atoms with Gasteiger partial charge in [0.05, 0.1) is 19.3 Å². The van der Waals surface area contributed by atoms with Crippen molar-refractivity contribution in [2.45, 2.75) is 38.5 Å². The lowest BCUT2D eigenvalue weighted by Gasteiger charge is -2.35. The average molecular weight is 290 g/mol. The van der Waals surface area contributed by atoms with Crippen LogP contribution in [-0.2, 0) is 15.9 Å². The molecular weight excluding hydrogens is 264 g/mol. The highest BCUT2D eigenvalue weighted by Crippen LogP contribution is 2.27. The van der Waals surface area contributed by atoms with Crippen molar-refractivity contribution in [2.24, 2.45) is 0 Å². The van der Waals surface area contributed by atoms with Gasteiger partial charge in [0.1, 0.15) is 0 Å². The zero-order valence-corrected chi connectivity index (χ0v) is 13.1. The molecule has 2 heterocycles. The van der Waals surface area contributed by atoms with E-state index >= 15 is 0 Å². The van der Waals surface area contributed by atoms with Gasteiger partial charge in [-0.25, -0.2) is 0 Å². The maximum Gasteiger partial charge on any atom is 0.162 e. The summed E-state index contributed by atoms with van der Waals surface area (Å²) < 4.78 is 11.3. The van der Waals surface area contributed by atoms with Crippen LogP contribution in [0.3, 0.4) is 0 Å². The van der Waals surface area contributed by atoms with Gasteiger partial charge in [-0.2, -0.15) is 0 Å². The van der Waals surface area contributed by atoms with Crippen molar-refractivity contribution in [2.75, 3.05) is 37.7 Å². The second-order valence-corrected chi connectivity index (χ2v) is 6.39. The minimum absolute atomic E-state index is 0.323. The van der Waals surface area contributed by atoms with E-state index in [1.54, 1.807) is 0 Å². The Bertz CT molecular complexity index is 466. The average Bonchev–Trinajstić information content (AvgIpc) is 2.88. The molecule has 116 valence electrons. The van der Waals surface area contributed by atoms with Gasteiger partial charge in [-0.05, 0) is 44.9 Å². The second kappa shape index (κ2) is 6.34. The fourth-order valence-electron chi connectivity index (χ4n) is 3.03. The molecular formula is C17H26N2O2. The molecule has 0 unspecified atom stereocenters. The normalized spacial score (nSPS) is 21.5. The van der Waals surface area contributed by atoms with Crippen LogP contribution in [0.25, 0.3) is 0 Å². The van der Waals surface area contributed by atoms with Crippen molar-refractivity contribution in [1.29, 1.82) is 0 Å². The fraction of sp³-hybridized carbons (Fsp3) is 0.647. The Morgan fingerprint density at radius 1 is 1.24 bits per heavy atom. The number of rotatable bonds is 5. The molecule has 1 aromatic carbocycles. The summed E-state index contributed by atoms with van der Waals surface area (Å²) in [6.07, 6.45) is 2.33. The summed E-state index contributed by atoms with van der Waals surface area (Å²) in [5, 5.41) is 3.53. The molecule has 2 aliphatic rings. The van der Waals surface area contributed by atoms with Crippen molar-refractivity contribution in [3.05, 3.63) is 29.8 Å². The summed E-state index contributed by atoms with van der Waals surface area (Å²) in [6, 6.07) is 9.07. The minimum atomic E-state index is -0.419. The molecule has 0 radical (unpaired) electrons. The standard InChI is InChI=1S/C17H26N2O2/c1-17(2)20-12-15(13-21-17)18-9-5-10-19-11-8-14-6-3-4-7-16(14)19/h3-4,6-7,15,18H,5,8-13H2,1-2H3. The lowest BCUT2D eigenvalue weighted by atomic mass is 10.2. The van der Waals surface area contributed by atoms with Crippen molar-refractivity contribution in [3.63, 3.8) is 0 Å². The zero-order valence-electron chi connectivity index (χ0n) is 13.1. The SMILES string of the molecule is CC1(C)OCC(NCCCN2CCc3ccccc32)CO1. The summed E-state index contributed by atoms with van der Waals surface area (Å²) in [5.74, 6) is -0.419. The van der Waals surface area contributed by atoms with Crippen molar-refractivity contribution >= 4 is 5.69 Å². The highest BCUT2D eigenvalue weighted by molar-refractivity contribution is 5.57. The molecule has 0 spiro atoms. The number of hydrogen-bond acceptors (Lipinski definition) is 4. The molecule has 0 bridgehead atoms. The Balaban J connectivity index is 1.36. The second-order valence-electron chi connectivity index (χ2n) is 6.39. The number of nitrogens with zero attached hydrogens (tertiary/aromatic N) is 1. The summed E-state index contributed by atoms with van der Waals surface area (Å²) in [7, 11) is 0. The molecule has 1 N–H and O–H groups in total. The Labute approximate surface area is 127 Å². The van der Waals surface area contributed by atoms with E-state index in [2.05, 4.69) is 34.5 Å². The predicted molar refractivity (Wildman–Crippen MR) is 84.7 cm³/mol. The van der Waals surface area contributed by atoms with Gasteiger partial charge in [0, 0.05) is 18.8 Å². The summed E-state index contributed by atoms with van der Waals surface area (Å²) in [5.41, 5.74) is 2.91. The van der Waals surface area contributed by atoms with E-state index in [4.69, 9.17) is 9.47 Å². The first-order chi connectivity index (χ1) is 10.1. The number of hydrogen-bond donors (Lipinski definition) is 1. The van der Waals surface area contributed by atoms with Crippen LogP contribution in [-0.4, -0.2) is 44.7 Å². The van der Waals surface area contributed by atoms with Crippen LogP contribution in [0.2, 0.25) is 0 Å². The van der Waals surface area contributed by atoms with Crippen LogP contribution < -0.4 is 10.2 Å². The number of benzene rings is 1. The van der Waals surface area contributed by atoms with E-state index in [1.165, 1.54) is 17.7 Å². The van der Waals surface area contributed by atoms with E-state index in [1.807, 2.05) is 13.8 Å². The summed E-state index contributed by atoms with van der Waals surface area (Å²) in [6.45, 7) is 8.69. The van der Waals surface area contributed by atoms with Crippen LogP contribution in [0.1, 0.15) is 25.8 Å². The van der Waals surface area contributed by atoms with Gasteiger partial charge >= 0.3 is 0 Å². The maximum atomic E-state index is 5.66. The minimum Gasteiger partial charge on any atom is -0.371 e. The van der Waals surface area contributed by atoms with Crippen molar-refractivity contribution < 1.29 is 9.47 Å². The van der Waals surface area contributed by atoms with Crippen LogP contribution in [0, 0.1) is 0 Å². The molecule has 0 aliphatic carbocycles. The molecule has 1 fully saturated rings. The Morgan fingerprint density at radius 3 is 2.81 bits per heavy atom. The number of fused-ring (bicyclic) bond motifs is 1. The largest absolute Gasteiger partial charge is 0.371 e. The van der Waals surface area contributed by atoms with Crippen LogP contribution >= 0.6 is 0 Å². The quantitative estimate of drug-likeness (QED) is 0.843. The monoisotopic (exact) mass is 290 g/mol. The molecule has 0 aromatic heterocycles. The third-order valence-electron chi connectivity index (χ3n) is 4.29. The summed E-state index contributed by atoms with van der Waals surface area (Å²) in [4.78, 5) is 2.49. The lowest BCUT2D eigenvalue weighted by Crippen LogP contribution is -2.48. The van der Waals surface area contributed by atoms with Gasteiger partial charge in [-0.15, -0.1) is 0 Å². The number of nitrogens with one attached hydrogen (secondary N) is 1. The first kappa shape index (κ1) is 14.8. The number of anilines is 1. The van der Waals surface area contributed by atoms with Crippen LogP contribution in [0.4, 0.5) is 5.69 Å². The lowest BCUT2D eigenvalue weighted by molar-refractivity contribution is -0.252. The zero-order chi connectivity index (χ0) is 14.7. The number of ether oxygens (including phenoxy) is 2. The maximum absolute atomic E-state index is 5.66. The van der Waals surface area contributed by atoms with Gasteiger partial charge in [-0.1, -0.05) is 18.2 Å². The molecule has 2 aliphatic heterocycles. The Morgan fingerprint density at radius 2 is 2.00 bits per heavy atom.